The molecular formula is C17H19FN2O. The number of carbonyl (C=O) groups is 1. The molecule has 0 aliphatic rings. The van der Waals surface area contributed by atoms with Crippen molar-refractivity contribution in [1.29, 1.82) is 0 Å². The summed E-state index contributed by atoms with van der Waals surface area (Å²) in [6.45, 7) is 2.32. The van der Waals surface area contributed by atoms with Gasteiger partial charge in [0.25, 0.3) is 5.91 Å². The molecule has 0 atom stereocenters. The molecule has 0 unspecified atom stereocenters. The van der Waals surface area contributed by atoms with E-state index in [9.17, 15) is 9.18 Å². The van der Waals surface area contributed by atoms with Crippen LogP contribution in [0.3, 0.4) is 0 Å². The third-order valence-corrected chi connectivity index (χ3v) is 3.33. The van der Waals surface area contributed by atoms with Crippen LogP contribution in [0.25, 0.3) is 0 Å². The second-order valence-corrected chi connectivity index (χ2v) is 5.09. The van der Waals surface area contributed by atoms with Crippen LogP contribution in [0.1, 0.15) is 21.5 Å². The summed E-state index contributed by atoms with van der Waals surface area (Å²) in [6.07, 6.45) is 0. The van der Waals surface area contributed by atoms with Crippen molar-refractivity contribution in [3.05, 3.63) is 65.0 Å². The minimum atomic E-state index is -0.292. The molecular weight excluding hydrogens is 267 g/mol. The topological polar surface area (TPSA) is 32.3 Å². The molecule has 0 saturated heterocycles. The van der Waals surface area contributed by atoms with E-state index in [0.29, 0.717) is 12.1 Å². The Kier molecular flexibility index (Phi) is 4.58. The van der Waals surface area contributed by atoms with Gasteiger partial charge >= 0.3 is 0 Å². The summed E-state index contributed by atoms with van der Waals surface area (Å²) in [4.78, 5) is 14.1. The van der Waals surface area contributed by atoms with E-state index in [0.717, 1.165) is 16.8 Å². The molecule has 110 valence electrons. The lowest BCUT2D eigenvalue weighted by Gasteiger charge is -2.19. The van der Waals surface area contributed by atoms with Gasteiger partial charge in [0.2, 0.25) is 0 Å². The second-order valence-electron chi connectivity index (χ2n) is 5.09. The zero-order valence-corrected chi connectivity index (χ0v) is 12.5. The van der Waals surface area contributed by atoms with Crippen LogP contribution >= 0.6 is 0 Å². The Morgan fingerprint density at radius 2 is 2.00 bits per heavy atom. The zero-order chi connectivity index (χ0) is 15.4. The molecule has 0 heterocycles. The predicted octanol–water partition coefficient (Wildman–Crippen LogP) is 3.45. The maximum absolute atomic E-state index is 13.2. The first-order valence-electron chi connectivity index (χ1n) is 6.79. The van der Waals surface area contributed by atoms with Gasteiger partial charge < -0.3 is 10.2 Å². The lowest BCUT2D eigenvalue weighted by molar-refractivity contribution is 0.0786. The van der Waals surface area contributed by atoms with E-state index in [1.807, 2.05) is 31.2 Å². The first kappa shape index (κ1) is 15.0. The Hall–Kier alpha value is -2.36. The molecule has 0 radical (unpaired) electrons. The fourth-order valence-corrected chi connectivity index (χ4v) is 2.24. The number of rotatable bonds is 4. The molecule has 2 rings (SSSR count). The highest BCUT2D eigenvalue weighted by molar-refractivity contribution is 5.99. The standard InChI is InChI=1S/C17H19FN2O/c1-12-7-8-16(19-2)15(9-12)17(21)20(3)11-13-5-4-6-14(18)10-13/h4-10,19H,11H2,1-3H3. The van der Waals surface area contributed by atoms with Gasteiger partial charge in [0.05, 0.1) is 5.56 Å². The van der Waals surface area contributed by atoms with Crippen LogP contribution < -0.4 is 5.32 Å². The van der Waals surface area contributed by atoms with Gasteiger partial charge in [-0.1, -0.05) is 23.8 Å². The molecule has 1 N–H and O–H groups in total. The fourth-order valence-electron chi connectivity index (χ4n) is 2.24. The third-order valence-electron chi connectivity index (χ3n) is 3.33. The number of nitrogens with zero attached hydrogens (tertiary/aromatic N) is 1. The van der Waals surface area contributed by atoms with Crippen molar-refractivity contribution in [1.82, 2.24) is 4.90 Å². The van der Waals surface area contributed by atoms with Crippen LogP contribution in [0.2, 0.25) is 0 Å². The van der Waals surface area contributed by atoms with E-state index >= 15 is 0 Å². The average Bonchev–Trinajstić information content (AvgIpc) is 2.46. The van der Waals surface area contributed by atoms with Crippen molar-refractivity contribution >= 4 is 11.6 Å². The summed E-state index contributed by atoms with van der Waals surface area (Å²) in [6, 6.07) is 12.0. The van der Waals surface area contributed by atoms with Gasteiger partial charge in [0.15, 0.2) is 0 Å². The molecule has 3 nitrogen and oxygen atoms in total. The molecule has 1 amide bonds. The second kappa shape index (κ2) is 6.39. The van der Waals surface area contributed by atoms with E-state index in [1.165, 1.54) is 12.1 Å². The first-order valence-corrected chi connectivity index (χ1v) is 6.79. The fraction of sp³-hybridized carbons (Fsp3) is 0.235. The summed E-state index contributed by atoms with van der Waals surface area (Å²) in [5.41, 5.74) is 3.20. The number of hydrogen-bond donors (Lipinski definition) is 1. The van der Waals surface area contributed by atoms with Crippen LogP contribution in [0.15, 0.2) is 42.5 Å². The van der Waals surface area contributed by atoms with Crippen molar-refractivity contribution < 1.29 is 9.18 Å². The number of anilines is 1. The molecule has 21 heavy (non-hydrogen) atoms. The summed E-state index contributed by atoms with van der Waals surface area (Å²) in [5.74, 6) is -0.382. The Morgan fingerprint density at radius 1 is 1.24 bits per heavy atom. The Morgan fingerprint density at radius 3 is 2.67 bits per heavy atom. The van der Waals surface area contributed by atoms with Crippen LogP contribution in [0.4, 0.5) is 10.1 Å². The molecule has 2 aromatic rings. The van der Waals surface area contributed by atoms with Crippen molar-refractivity contribution in [3.8, 4) is 0 Å². The number of carbonyl (C=O) groups excluding carboxylic acids is 1. The molecule has 0 saturated carbocycles. The quantitative estimate of drug-likeness (QED) is 0.933. The molecule has 0 aliphatic heterocycles. The normalized spacial score (nSPS) is 10.3. The number of amides is 1. The summed E-state index contributed by atoms with van der Waals surface area (Å²) < 4.78 is 13.2. The molecule has 0 spiro atoms. The van der Waals surface area contributed by atoms with Crippen molar-refractivity contribution in [2.24, 2.45) is 0 Å². The summed E-state index contributed by atoms with van der Waals surface area (Å²) in [5, 5.41) is 3.02. The van der Waals surface area contributed by atoms with Gasteiger partial charge in [-0.05, 0) is 36.8 Å². The van der Waals surface area contributed by atoms with Crippen molar-refractivity contribution in [3.63, 3.8) is 0 Å². The van der Waals surface area contributed by atoms with Crippen LogP contribution in [-0.2, 0) is 6.54 Å². The number of halogens is 1. The Bertz CT molecular complexity index is 655. The highest BCUT2D eigenvalue weighted by atomic mass is 19.1. The molecule has 0 bridgehead atoms. The molecule has 0 fully saturated rings. The maximum Gasteiger partial charge on any atom is 0.256 e. The van der Waals surface area contributed by atoms with E-state index in [1.54, 1.807) is 25.1 Å². The van der Waals surface area contributed by atoms with E-state index in [4.69, 9.17) is 0 Å². The Labute approximate surface area is 124 Å². The SMILES string of the molecule is CNc1ccc(C)cc1C(=O)N(C)Cc1cccc(F)c1. The van der Waals surface area contributed by atoms with Gasteiger partial charge in [0, 0.05) is 26.3 Å². The number of nitrogens with one attached hydrogen (secondary N) is 1. The average molecular weight is 286 g/mol. The molecule has 0 aromatic heterocycles. The molecule has 2 aromatic carbocycles. The monoisotopic (exact) mass is 286 g/mol. The summed E-state index contributed by atoms with van der Waals surface area (Å²) >= 11 is 0. The van der Waals surface area contributed by atoms with Crippen LogP contribution in [0.5, 0.6) is 0 Å². The minimum Gasteiger partial charge on any atom is -0.387 e. The van der Waals surface area contributed by atoms with Gasteiger partial charge in [-0.3, -0.25) is 4.79 Å². The van der Waals surface area contributed by atoms with Gasteiger partial charge in [-0.15, -0.1) is 0 Å². The predicted molar refractivity (Wildman–Crippen MR) is 82.9 cm³/mol. The van der Waals surface area contributed by atoms with Crippen LogP contribution in [-0.4, -0.2) is 24.9 Å². The van der Waals surface area contributed by atoms with E-state index < -0.39 is 0 Å². The number of hydrogen-bond acceptors (Lipinski definition) is 2. The maximum atomic E-state index is 13.2. The highest BCUT2D eigenvalue weighted by Crippen LogP contribution is 2.19. The van der Waals surface area contributed by atoms with Crippen molar-refractivity contribution in [2.75, 3.05) is 19.4 Å². The van der Waals surface area contributed by atoms with Gasteiger partial charge in [-0.2, -0.15) is 0 Å². The smallest absolute Gasteiger partial charge is 0.256 e. The largest absolute Gasteiger partial charge is 0.387 e. The Balaban J connectivity index is 2.21. The first-order chi connectivity index (χ1) is 10.0. The highest BCUT2D eigenvalue weighted by Gasteiger charge is 2.16. The van der Waals surface area contributed by atoms with E-state index in [-0.39, 0.29) is 11.7 Å². The third kappa shape index (κ3) is 3.60. The lowest BCUT2D eigenvalue weighted by Crippen LogP contribution is -2.27. The zero-order valence-electron chi connectivity index (χ0n) is 12.5. The minimum absolute atomic E-state index is 0.0905. The lowest BCUT2D eigenvalue weighted by atomic mass is 10.1. The van der Waals surface area contributed by atoms with Gasteiger partial charge in [-0.25, -0.2) is 4.39 Å². The van der Waals surface area contributed by atoms with E-state index in [2.05, 4.69) is 5.32 Å². The molecule has 4 heteroatoms. The van der Waals surface area contributed by atoms with Crippen LogP contribution in [0, 0.1) is 12.7 Å². The van der Waals surface area contributed by atoms with Crippen molar-refractivity contribution in [2.45, 2.75) is 13.5 Å². The number of benzene rings is 2. The molecule has 0 aliphatic carbocycles. The number of aryl methyl sites for hydroxylation is 1. The summed E-state index contributed by atoms with van der Waals surface area (Å²) in [7, 11) is 3.50. The van der Waals surface area contributed by atoms with Gasteiger partial charge in [0.1, 0.15) is 5.82 Å².